The molecule has 2 rings (SSSR count). The summed E-state index contributed by atoms with van der Waals surface area (Å²) in [6.45, 7) is 0.554. The van der Waals surface area contributed by atoms with Crippen LogP contribution in [-0.2, 0) is 11.3 Å². The van der Waals surface area contributed by atoms with Crippen molar-refractivity contribution in [2.75, 3.05) is 7.05 Å². The highest BCUT2D eigenvalue weighted by atomic mass is 35.5. The van der Waals surface area contributed by atoms with E-state index in [2.05, 4.69) is 0 Å². The Bertz CT molecular complexity index is 583. The monoisotopic (exact) mass is 277 g/mol. The standard InChI is InChI=1S/C15H13ClFNO/c1-18(10-19)9-11-2-4-12(5-3-11)13-6-7-14(16)15(17)8-13/h2-8,10H,9H2,1H3. The number of halogens is 2. The van der Waals surface area contributed by atoms with Crippen molar-refractivity contribution in [2.24, 2.45) is 0 Å². The van der Waals surface area contributed by atoms with Crippen molar-refractivity contribution in [3.63, 3.8) is 0 Å². The average molecular weight is 278 g/mol. The van der Waals surface area contributed by atoms with E-state index in [4.69, 9.17) is 11.6 Å². The van der Waals surface area contributed by atoms with Gasteiger partial charge in [-0.3, -0.25) is 4.79 Å². The second kappa shape index (κ2) is 5.85. The molecule has 2 aromatic rings. The van der Waals surface area contributed by atoms with E-state index < -0.39 is 5.82 Å². The molecule has 0 spiro atoms. The molecule has 0 aliphatic heterocycles. The fourth-order valence-corrected chi connectivity index (χ4v) is 1.92. The van der Waals surface area contributed by atoms with Crippen LogP contribution in [0.5, 0.6) is 0 Å². The number of carbonyl (C=O) groups excluding carboxylic acids is 1. The first-order valence-electron chi connectivity index (χ1n) is 5.80. The average Bonchev–Trinajstić information content (AvgIpc) is 2.42. The minimum absolute atomic E-state index is 0.118. The maximum atomic E-state index is 13.4. The molecular formula is C15H13ClFNO. The number of nitrogens with zero attached hydrogens (tertiary/aromatic N) is 1. The van der Waals surface area contributed by atoms with Crippen LogP contribution in [0.2, 0.25) is 5.02 Å². The molecule has 19 heavy (non-hydrogen) atoms. The summed E-state index contributed by atoms with van der Waals surface area (Å²) in [5.41, 5.74) is 2.71. The molecule has 0 heterocycles. The van der Waals surface area contributed by atoms with Crippen molar-refractivity contribution in [3.8, 4) is 11.1 Å². The fourth-order valence-electron chi connectivity index (χ4n) is 1.80. The lowest BCUT2D eigenvalue weighted by atomic mass is 10.0. The van der Waals surface area contributed by atoms with E-state index in [1.54, 1.807) is 24.1 Å². The maximum absolute atomic E-state index is 13.4. The molecule has 0 aliphatic rings. The zero-order chi connectivity index (χ0) is 13.8. The highest BCUT2D eigenvalue weighted by Gasteiger charge is 2.04. The number of amides is 1. The van der Waals surface area contributed by atoms with Crippen LogP contribution in [0.4, 0.5) is 4.39 Å². The third-order valence-corrected chi connectivity index (χ3v) is 3.13. The summed E-state index contributed by atoms with van der Waals surface area (Å²) in [5, 5.41) is 0.118. The van der Waals surface area contributed by atoms with Crippen molar-refractivity contribution in [1.82, 2.24) is 4.90 Å². The first kappa shape index (κ1) is 13.6. The Morgan fingerprint density at radius 2 is 1.79 bits per heavy atom. The summed E-state index contributed by atoms with van der Waals surface area (Å²) in [6, 6.07) is 12.4. The molecule has 0 unspecified atom stereocenters. The largest absolute Gasteiger partial charge is 0.344 e. The molecule has 98 valence electrons. The van der Waals surface area contributed by atoms with Gasteiger partial charge in [0.25, 0.3) is 0 Å². The first-order chi connectivity index (χ1) is 9.10. The van der Waals surface area contributed by atoms with Gasteiger partial charge in [0.1, 0.15) is 5.82 Å². The highest BCUT2D eigenvalue weighted by Crippen LogP contribution is 2.24. The van der Waals surface area contributed by atoms with E-state index in [1.807, 2.05) is 24.3 Å². The summed E-state index contributed by atoms with van der Waals surface area (Å²) in [6.07, 6.45) is 0.780. The van der Waals surface area contributed by atoms with E-state index in [0.717, 1.165) is 23.1 Å². The Balaban J connectivity index is 2.22. The van der Waals surface area contributed by atoms with Gasteiger partial charge in [0.15, 0.2) is 0 Å². The van der Waals surface area contributed by atoms with E-state index in [9.17, 15) is 9.18 Å². The van der Waals surface area contributed by atoms with Gasteiger partial charge in [-0.2, -0.15) is 0 Å². The van der Waals surface area contributed by atoms with Crippen LogP contribution < -0.4 is 0 Å². The molecule has 2 nitrogen and oxygen atoms in total. The first-order valence-corrected chi connectivity index (χ1v) is 6.18. The quantitative estimate of drug-likeness (QED) is 0.780. The topological polar surface area (TPSA) is 20.3 Å². The molecule has 0 saturated heterocycles. The molecular weight excluding hydrogens is 265 g/mol. The minimum Gasteiger partial charge on any atom is -0.344 e. The van der Waals surface area contributed by atoms with Crippen molar-refractivity contribution in [1.29, 1.82) is 0 Å². The second-order valence-electron chi connectivity index (χ2n) is 4.35. The number of benzene rings is 2. The molecule has 0 fully saturated rings. The zero-order valence-corrected chi connectivity index (χ0v) is 11.2. The van der Waals surface area contributed by atoms with Gasteiger partial charge >= 0.3 is 0 Å². The molecule has 0 N–H and O–H groups in total. The van der Waals surface area contributed by atoms with Gasteiger partial charge in [0.05, 0.1) is 5.02 Å². The number of carbonyl (C=O) groups is 1. The zero-order valence-electron chi connectivity index (χ0n) is 10.4. The summed E-state index contributed by atoms with van der Waals surface area (Å²) < 4.78 is 13.4. The van der Waals surface area contributed by atoms with Crippen LogP contribution in [0.3, 0.4) is 0 Å². The van der Waals surface area contributed by atoms with E-state index >= 15 is 0 Å². The molecule has 1 amide bonds. The predicted molar refractivity (Wildman–Crippen MR) is 74.4 cm³/mol. The molecule has 2 aromatic carbocycles. The Hall–Kier alpha value is -1.87. The van der Waals surface area contributed by atoms with Crippen LogP contribution in [-0.4, -0.2) is 18.4 Å². The van der Waals surface area contributed by atoms with Gasteiger partial charge in [0, 0.05) is 13.6 Å². The third-order valence-electron chi connectivity index (χ3n) is 2.82. The van der Waals surface area contributed by atoms with Gasteiger partial charge < -0.3 is 4.90 Å². The summed E-state index contributed by atoms with van der Waals surface area (Å²) >= 11 is 5.65. The Labute approximate surface area is 116 Å². The van der Waals surface area contributed by atoms with Gasteiger partial charge in [-0.05, 0) is 28.8 Å². The number of hydrogen-bond donors (Lipinski definition) is 0. The lowest BCUT2D eigenvalue weighted by Gasteiger charge is -2.11. The van der Waals surface area contributed by atoms with Crippen molar-refractivity contribution in [2.45, 2.75) is 6.54 Å². The lowest BCUT2D eigenvalue weighted by molar-refractivity contribution is -0.117. The molecule has 0 aliphatic carbocycles. The number of rotatable bonds is 4. The molecule has 4 heteroatoms. The van der Waals surface area contributed by atoms with Crippen LogP contribution in [0.1, 0.15) is 5.56 Å². The lowest BCUT2D eigenvalue weighted by Crippen LogP contribution is -2.14. The Morgan fingerprint density at radius 3 is 2.37 bits per heavy atom. The molecule has 0 atom stereocenters. The van der Waals surface area contributed by atoms with Gasteiger partial charge in [0.2, 0.25) is 6.41 Å². The van der Waals surface area contributed by atoms with Crippen LogP contribution in [0, 0.1) is 5.82 Å². The second-order valence-corrected chi connectivity index (χ2v) is 4.75. The SMILES string of the molecule is CN(C=O)Cc1ccc(-c2ccc(Cl)c(F)c2)cc1. The van der Waals surface area contributed by atoms with Crippen molar-refractivity contribution in [3.05, 3.63) is 58.9 Å². The fraction of sp³-hybridized carbons (Fsp3) is 0.133. The Morgan fingerprint density at radius 1 is 1.16 bits per heavy atom. The third kappa shape index (κ3) is 3.32. The van der Waals surface area contributed by atoms with Gasteiger partial charge in [-0.25, -0.2) is 4.39 Å². The summed E-state index contributed by atoms with van der Waals surface area (Å²) in [4.78, 5) is 12.1. The van der Waals surface area contributed by atoms with Crippen LogP contribution >= 0.6 is 11.6 Å². The normalized spacial score (nSPS) is 10.3. The van der Waals surface area contributed by atoms with Gasteiger partial charge in [-0.15, -0.1) is 0 Å². The maximum Gasteiger partial charge on any atom is 0.209 e. The van der Waals surface area contributed by atoms with E-state index in [0.29, 0.717) is 6.54 Å². The molecule has 0 aromatic heterocycles. The smallest absolute Gasteiger partial charge is 0.209 e. The predicted octanol–water partition coefficient (Wildman–Crippen LogP) is 3.73. The highest BCUT2D eigenvalue weighted by molar-refractivity contribution is 6.30. The number of hydrogen-bond acceptors (Lipinski definition) is 1. The van der Waals surface area contributed by atoms with E-state index in [-0.39, 0.29) is 5.02 Å². The van der Waals surface area contributed by atoms with Gasteiger partial charge in [-0.1, -0.05) is 41.9 Å². The molecule has 0 bridgehead atoms. The molecule has 0 radical (unpaired) electrons. The van der Waals surface area contributed by atoms with E-state index in [1.165, 1.54) is 6.07 Å². The summed E-state index contributed by atoms with van der Waals surface area (Å²) in [5.74, 6) is -0.427. The summed E-state index contributed by atoms with van der Waals surface area (Å²) in [7, 11) is 1.72. The van der Waals surface area contributed by atoms with Crippen molar-refractivity contribution < 1.29 is 9.18 Å². The Kier molecular flexibility index (Phi) is 4.17. The molecule has 0 saturated carbocycles. The minimum atomic E-state index is -0.427. The van der Waals surface area contributed by atoms with Crippen LogP contribution in [0.25, 0.3) is 11.1 Å². The van der Waals surface area contributed by atoms with Crippen molar-refractivity contribution >= 4 is 18.0 Å². The van der Waals surface area contributed by atoms with Crippen LogP contribution in [0.15, 0.2) is 42.5 Å².